The molecule has 0 atom stereocenters. The molecule has 1 N–H and O–H groups in total. The summed E-state index contributed by atoms with van der Waals surface area (Å²) >= 11 is 1.25. The predicted octanol–water partition coefficient (Wildman–Crippen LogP) is 2.70. The maximum absolute atomic E-state index is 12.3. The quantitative estimate of drug-likeness (QED) is 0.743. The molecule has 1 amide bonds. The Morgan fingerprint density at radius 3 is 2.88 bits per heavy atom. The van der Waals surface area contributed by atoms with Gasteiger partial charge in [-0.1, -0.05) is 29.5 Å². The summed E-state index contributed by atoms with van der Waals surface area (Å²) in [7, 11) is 1.57. The van der Waals surface area contributed by atoms with Crippen molar-refractivity contribution >= 4 is 39.2 Å². The highest BCUT2D eigenvalue weighted by Crippen LogP contribution is 2.17. The summed E-state index contributed by atoms with van der Waals surface area (Å²) in [6.07, 6.45) is 1.94. The van der Waals surface area contributed by atoms with Gasteiger partial charge in [0.25, 0.3) is 0 Å². The number of carbonyl (C=O) groups is 2. The summed E-state index contributed by atoms with van der Waals surface area (Å²) in [4.78, 5) is 24.3. The largest absolute Gasteiger partial charge is 0.377 e. The predicted molar refractivity (Wildman–Crippen MR) is 91.1 cm³/mol. The van der Waals surface area contributed by atoms with Crippen molar-refractivity contribution in [3.8, 4) is 0 Å². The fourth-order valence-corrected chi connectivity index (χ4v) is 3.04. The molecule has 0 spiro atoms. The first-order valence-electron chi connectivity index (χ1n) is 7.38. The summed E-state index contributed by atoms with van der Waals surface area (Å²) in [5, 5.41) is 12.5. The Bertz CT molecular complexity index is 871. The number of nitrogens with one attached hydrogen (secondary N) is 1. The summed E-state index contributed by atoms with van der Waals surface area (Å²) < 4.78 is 6.52. The van der Waals surface area contributed by atoms with Crippen LogP contribution in [0.2, 0.25) is 0 Å². The molecule has 2 aromatic heterocycles. The van der Waals surface area contributed by atoms with Gasteiger partial charge in [-0.3, -0.25) is 14.2 Å². The molecule has 3 aromatic rings. The number of anilines is 1. The fourth-order valence-electron chi connectivity index (χ4n) is 2.31. The second-order valence-electron chi connectivity index (χ2n) is 5.12. The van der Waals surface area contributed by atoms with Gasteiger partial charge in [-0.05, 0) is 12.1 Å². The van der Waals surface area contributed by atoms with Gasteiger partial charge in [0.2, 0.25) is 16.9 Å². The lowest BCUT2D eigenvalue weighted by Crippen LogP contribution is -2.16. The maximum atomic E-state index is 12.3. The van der Waals surface area contributed by atoms with Crippen molar-refractivity contribution in [2.45, 2.75) is 19.4 Å². The molecule has 0 bridgehead atoms. The molecule has 7 nitrogen and oxygen atoms in total. The Morgan fingerprint density at radius 1 is 1.21 bits per heavy atom. The first-order chi connectivity index (χ1) is 11.7. The highest BCUT2D eigenvalue weighted by Gasteiger charge is 2.13. The van der Waals surface area contributed by atoms with Crippen LogP contribution in [0, 0.1) is 0 Å². The molecular weight excluding hydrogens is 328 g/mol. The van der Waals surface area contributed by atoms with Crippen molar-refractivity contribution in [3.63, 3.8) is 0 Å². The van der Waals surface area contributed by atoms with Crippen LogP contribution in [0.3, 0.4) is 0 Å². The van der Waals surface area contributed by atoms with Crippen LogP contribution < -0.4 is 5.32 Å². The number of carbonyl (C=O) groups excluding carboxylic acids is 2. The third-order valence-corrected chi connectivity index (χ3v) is 4.23. The van der Waals surface area contributed by atoms with Crippen LogP contribution in [0.4, 0.5) is 5.13 Å². The average molecular weight is 344 g/mol. The highest BCUT2D eigenvalue weighted by atomic mass is 32.1. The molecule has 0 aliphatic heterocycles. The summed E-state index contributed by atoms with van der Waals surface area (Å²) in [6, 6.07) is 9.51. The Morgan fingerprint density at radius 2 is 2.04 bits per heavy atom. The number of fused-ring (bicyclic) bond motifs is 1. The van der Waals surface area contributed by atoms with Gasteiger partial charge in [0.15, 0.2) is 0 Å². The number of ether oxygens (including phenoxy) is 1. The molecule has 0 saturated heterocycles. The Kier molecular flexibility index (Phi) is 4.97. The Balaban J connectivity index is 1.56. The Labute approximate surface area is 142 Å². The average Bonchev–Trinajstić information content (AvgIpc) is 3.20. The van der Waals surface area contributed by atoms with Crippen molar-refractivity contribution in [1.29, 1.82) is 0 Å². The second-order valence-corrected chi connectivity index (χ2v) is 6.18. The number of hydrogen-bond acceptors (Lipinski definition) is 6. The molecule has 24 heavy (non-hydrogen) atoms. The van der Waals surface area contributed by atoms with E-state index < -0.39 is 0 Å². The van der Waals surface area contributed by atoms with Crippen LogP contribution in [-0.4, -0.2) is 33.7 Å². The van der Waals surface area contributed by atoms with Crippen molar-refractivity contribution in [2.24, 2.45) is 0 Å². The van der Waals surface area contributed by atoms with E-state index in [0.717, 1.165) is 10.9 Å². The van der Waals surface area contributed by atoms with Gasteiger partial charge in [-0.15, -0.1) is 10.2 Å². The minimum Gasteiger partial charge on any atom is -0.377 e. The molecular formula is C16H16N4O3S. The molecule has 1 aromatic carbocycles. The first-order valence-corrected chi connectivity index (χ1v) is 8.19. The Hall–Kier alpha value is -2.58. The van der Waals surface area contributed by atoms with Crippen LogP contribution in [0.25, 0.3) is 10.9 Å². The normalized spacial score (nSPS) is 10.9. The van der Waals surface area contributed by atoms with Crippen LogP contribution >= 0.6 is 11.3 Å². The third-order valence-electron chi connectivity index (χ3n) is 3.42. The van der Waals surface area contributed by atoms with E-state index in [9.17, 15) is 9.59 Å². The number of nitrogens with zero attached hydrogens (tertiary/aromatic N) is 3. The van der Waals surface area contributed by atoms with Crippen molar-refractivity contribution < 1.29 is 14.3 Å². The number of para-hydroxylation sites is 1. The zero-order valence-electron chi connectivity index (χ0n) is 13.1. The van der Waals surface area contributed by atoms with Gasteiger partial charge >= 0.3 is 0 Å². The molecule has 2 heterocycles. The molecule has 0 unspecified atom stereocenters. The topological polar surface area (TPSA) is 86.1 Å². The van der Waals surface area contributed by atoms with E-state index in [1.165, 1.54) is 11.3 Å². The van der Waals surface area contributed by atoms with Crippen molar-refractivity contribution in [2.75, 3.05) is 12.4 Å². The van der Waals surface area contributed by atoms with E-state index in [2.05, 4.69) is 15.5 Å². The SMILES string of the molecule is COCc1nnc(NC(=O)CCC(=O)n2ccc3ccccc32)s1. The number of hydrogen-bond donors (Lipinski definition) is 1. The second kappa shape index (κ2) is 7.33. The minimum absolute atomic E-state index is 0.0878. The summed E-state index contributed by atoms with van der Waals surface area (Å²) in [5.41, 5.74) is 0.844. The van der Waals surface area contributed by atoms with E-state index in [1.807, 2.05) is 30.3 Å². The molecule has 0 aliphatic carbocycles. The van der Waals surface area contributed by atoms with E-state index in [0.29, 0.717) is 16.7 Å². The number of benzene rings is 1. The van der Waals surface area contributed by atoms with E-state index in [1.54, 1.807) is 17.9 Å². The van der Waals surface area contributed by atoms with Gasteiger partial charge in [-0.2, -0.15) is 0 Å². The lowest BCUT2D eigenvalue weighted by Gasteiger charge is -2.04. The number of amides is 1. The standard InChI is InChI=1S/C16H16N4O3S/c1-23-10-14-18-19-16(24-14)17-13(21)6-7-15(22)20-9-8-11-4-2-3-5-12(11)20/h2-5,8-9H,6-7,10H2,1H3,(H,17,19,21). The van der Waals surface area contributed by atoms with Crippen molar-refractivity contribution in [1.82, 2.24) is 14.8 Å². The molecule has 124 valence electrons. The lowest BCUT2D eigenvalue weighted by atomic mass is 10.2. The zero-order chi connectivity index (χ0) is 16.9. The van der Waals surface area contributed by atoms with E-state index in [4.69, 9.17) is 4.74 Å². The molecule has 0 saturated carbocycles. The summed E-state index contributed by atoms with van der Waals surface area (Å²) in [6.45, 7) is 0.354. The third kappa shape index (κ3) is 3.66. The lowest BCUT2D eigenvalue weighted by molar-refractivity contribution is -0.116. The number of methoxy groups -OCH3 is 1. The van der Waals surface area contributed by atoms with Gasteiger partial charge in [-0.25, -0.2) is 0 Å². The van der Waals surface area contributed by atoms with Crippen LogP contribution in [-0.2, 0) is 16.1 Å². The minimum atomic E-state index is -0.264. The molecule has 0 fully saturated rings. The van der Waals surface area contributed by atoms with E-state index >= 15 is 0 Å². The van der Waals surface area contributed by atoms with E-state index in [-0.39, 0.29) is 24.7 Å². The molecule has 0 aliphatic rings. The van der Waals surface area contributed by atoms with Crippen LogP contribution in [0.5, 0.6) is 0 Å². The van der Waals surface area contributed by atoms with Crippen molar-refractivity contribution in [3.05, 3.63) is 41.5 Å². The van der Waals surface area contributed by atoms with Crippen LogP contribution in [0.15, 0.2) is 36.5 Å². The molecule has 3 rings (SSSR count). The first kappa shape index (κ1) is 16.3. The van der Waals surface area contributed by atoms with Gasteiger partial charge in [0.1, 0.15) is 11.6 Å². The summed E-state index contributed by atoms with van der Waals surface area (Å²) in [5.74, 6) is -0.386. The van der Waals surface area contributed by atoms with Gasteiger partial charge in [0.05, 0.1) is 5.52 Å². The van der Waals surface area contributed by atoms with Gasteiger partial charge in [0, 0.05) is 31.5 Å². The monoisotopic (exact) mass is 344 g/mol. The molecule has 0 radical (unpaired) electrons. The maximum Gasteiger partial charge on any atom is 0.231 e. The fraction of sp³-hybridized carbons (Fsp3) is 0.250. The van der Waals surface area contributed by atoms with Crippen LogP contribution in [0.1, 0.15) is 22.6 Å². The highest BCUT2D eigenvalue weighted by molar-refractivity contribution is 7.15. The smallest absolute Gasteiger partial charge is 0.231 e. The zero-order valence-corrected chi connectivity index (χ0v) is 13.9. The molecule has 8 heteroatoms. The number of aromatic nitrogens is 3. The van der Waals surface area contributed by atoms with Gasteiger partial charge < -0.3 is 10.1 Å². The number of rotatable bonds is 6.